The number of rotatable bonds is 6. The first-order valence-electron chi connectivity index (χ1n) is 6.13. The van der Waals surface area contributed by atoms with Gasteiger partial charge < -0.3 is 15.4 Å². The summed E-state index contributed by atoms with van der Waals surface area (Å²) in [7, 11) is 1.55. The van der Waals surface area contributed by atoms with Crippen molar-refractivity contribution in [1.82, 2.24) is 10.6 Å². The predicted octanol–water partition coefficient (Wildman–Crippen LogP) is 2.79. The van der Waals surface area contributed by atoms with Crippen molar-refractivity contribution in [2.24, 2.45) is 0 Å². The summed E-state index contributed by atoms with van der Waals surface area (Å²) in [5.74, 6) is -0.0272. The summed E-state index contributed by atoms with van der Waals surface area (Å²) in [6.45, 7) is 0.294. The van der Waals surface area contributed by atoms with Gasteiger partial charge in [-0.2, -0.15) is 13.2 Å². The minimum atomic E-state index is -4.40. The summed E-state index contributed by atoms with van der Waals surface area (Å²) in [4.78, 5) is 11.3. The number of benzene rings is 1. The van der Waals surface area contributed by atoms with Gasteiger partial charge >= 0.3 is 6.18 Å². The highest BCUT2D eigenvalue weighted by molar-refractivity contribution is 9.10. The highest BCUT2D eigenvalue weighted by Crippen LogP contribution is 2.27. The van der Waals surface area contributed by atoms with Crippen LogP contribution in [0.3, 0.4) is 0 Å². The van der Waals surface area contributed by atoms with Gasteiger partial charge in [0, 0.05) is 6.04 Å². The van der Waals surface area contributed by atoms with Gasteiger partial charge in [-0.25, -0.2) is 0 Å². The third-order valence-electron chi connectivity index (χ3n) is 2.73. The number of hydrogen-bond donors (Lipinski definition) is 2. The fourth-order valence-corrected chi connectivity index (χ4v) is 2.14. The summed E-state index contributed by atoms with van der Waals surface area (Å²) < 4.78 is 41.7. The maximum absolute atomic E-state index is 11.9. The summed E-state index contributed by atoms with van der Waals surface area (Å²) in [5.41, 5.74) is 0.881. The second kappa shape index (κ2) is 7.65. The van der Waals surface area contributed by atoms with Gasteiger partial charge in [0.15, 0.2) is 0 Å². The Balaban J connectivity index is 2.48. The zero-order valence-electron chi connectivity index (χ0n) is 11.6. The molecule has 0 saturated heterocycles. The molecule has 1 rings (SSSR count). The molecule has 0 bridgehead atoms. The first-order chi connectivity index (χ1) is 9.73. The molecule has 1 amide bonds. The second-order valence-corrected chi connectivity index (χ2v) is 5.24. The molecule has 1 aromatic carbocycles. The van der Waals surface area contributed by atoms with Crippen molar-refractivity contribution in [1.29, 1.82) is 0 Å². The third-order valence-corrected chi connectivity index (χ3v) is 3.35. The molecular formula is C13H16BrF3N2O2. The molecule has 0 fully saturated rings. The van der Waals surface area contributed by atoms with Crippen LogP contribution in [-0.4, -0.2) is 32.3 Å². The molecular weight excluding hydrogens is 353 g/mol. The highest BCUT2D eigenvalue weighted by Gasteiger charge is 2.27. The van der Waals surface area contributed by atoms with Gasteiger partial charge in [-0.05, 0) is 40.5 Å². The molecule has 0 spiro atoms. The molecule has 1 aromatic rings. The quantitative estimate of drug-likeness (QED) is 0.811. The van der Waals surface area contributed by atoms with Crippen molar-refractivity contribution >= 4 is 21.8 Å². The van der Waals surface area contributed by atoms with E-state index in [1.54, 1.807) is 18.5 Å². The van der Waals surface area contributed by atoms with Gasteiger partial charge in [0.05, 0.1) is 18.1 Å². The maximum atomic E-state index is 11.9. The lowest BCUT2D eigenvalue weighted by Crippen LogP contribution is -2.39. The zero-order valence-corrected chi connectivity index (χ0v) is 13.1. The molecule has 0 unspecified atom stereocenters. The minimum absolute atomic E-state index is 0.191. The fourth-order valence-electron chi connectivity index (χ4n) is 1.58. The van der Waals surface area contributed by atoms with E-state index in [2.05, 4.69) is 21.2 Å². The number of alkyl halides is 3. The van der Waals surface area contributed by atoms with Crippen LogP contribution in [0.5, 0.6) is 5.75 Å². The van der Waals surface area contributed by atoms with Crippen molar-refractivity contribution in [3.05, 3.63) is 28.2 Å². The lowest BCUT2D eigenvalue weighted by Gasteiger charge is -2.16. The Kier molecular flexibility index (Phi) is 6.47. The average molecular weight is 369 g/mol. The average Bonchev–Trinajstić information content (AvgIpc) is 2.41. The van der Waals surface area contributed by atoms with Crippen LogP contribution in [0.2, 0.25) is 0 Å². The van der Waals surface area contributed by atoms with Crippen molar-refractivity contribution in [3.8, 4) is 5.75 Å². The Bertz CT molecular complexity index is 495. The van der Waals surface area contributed by atoms with Crippen molar-refractivity contribution in [2.75, 3.05) is 20.2 Å². The largest absolute Gasteiger partial charge is 0.496 e. The van der Waals surface area contributed by atoms with Crippen LogP contribution in [0.1, 0.15) is 18.5 Å². The van der Waals surface area contributed by atoms with Crippen LogP contribution in [0, 0.1) is 0 Å². The van der Waals surface area contributed by atoms with E-state index < -0.39 is 18.6 Å². The number of hydrogen-bond acceptors (Lipinski definition) is 3. The topological polar surface area (TPSA) is 50.4 Å². The second-order valence-electron chi connectivity index (χ2n) is 4.39. The molecule has 118 valence electrons. The predicted molar refractivity (Wildman–Crippen MR) is 76.2 cm³/mol. The number of carbonyl (C=O) groups is 1. The van der Waals surface area contributed by atoms with Crippen LogP contribution in [0.4, 0.5) is 13.2 Å². The minimum Gasteiger partial charge on any atom is -0.496 e. The van der Waals surface area contributed by atoms with Crippen molar-refractivity contribution < 1.29 is 22.7 Å². The fraction of sp³-hybridized carbons (Fsp3) is 0.462. The monoisotopic (exact) mass is 368 g/mol. The highest BCUT2D eigenvalue weighted by atomic mass is 79.9. The third kappa shape index (κ3) is 6.34. The normalized spacial score (nSPS) is 12.9. The molecule has 0 aliphatic carbocycles. The number of ether oxygens (including phenoxy) is 1. The molecule has 21 heavy (non-hydrogen) atoms. The lowest BCUT2D eigenvalue weighted by atomic mass is 10.1. The summed E-state index contributed by atoms with van der Waals surface area (Å²) in [6, 6.07) is 5.21. The number of amides is 1. The van der Waals surface area contributed by atoms with Gasteiger partial charge in [-0.15, -0.1) is 0 Å². The standard InChI is InChI=1S/C13H16BrF3N2O2/c1-8(9-3-4-11(21-2)10(14)5-9)18-6-12(20)19-7-13(15,16)17/h3-5,8,18H,6-7H2,1-2H3,(H,19,20)/t8-/m1/s1. The van der Waals surface area contributed by atoms with Gasteiger partial charge in [0.1, 0.15) is 12.3 Å². The van der Waals surface area contributed by atoms with Crippen LogP contribution in [-0.2, 0) is 4.79 Å². The van der Waals surface area contributed by atoms with E-state index in [-0.39, 0.29) is 12.6 Å². The van der Waals surface area contributed by atoms with Crippen LogP contribution in [0.25, 0.3) is 0 Å². The molecule has 2 N–H and O–H groups in total. The Hall–Kier alpha value is -1.28. The number of halogens is 4. The molecule has 0 radical (unpaired) electrons. The molecule has 8 heteroatoms. The Morgan fingerprint density at radius 1 is 1.43 bits per heavy atom. The number of nitrogens with one attached hydrogen (secondary N) is 2. The maximum Gasteiger partial charge on any atom is 0.405 e. The molecule has 0 heterocycles. The molecule has 0 aromatic heterocycles. The van der Waals surface area contributed by atoms with Gasteiger partial charge in [0.25, 0.3) is 0 Å². The molecule has 4 nitrogen and oxygen atoms in total. The Morgan fingerprint density at radius 3 is 2.62 bits per heavy atom. The van der Waals surface area contributed by atoms with E-state index in [0.29, 0.717) is 5.75 Å². The van der Waals surface area contributed by atoms with Gasteiger partial charge in [0.2, 0.25) is 5.91 Å². The Labute approximate surface area is 129 Å². The van der Waals surface area contributed by atoms with Crippen molar-refractivity contribution in [3.63, 3.8) is 0 Å². The molecule has 0 saturated carbocycles. The molecule has 0 aliphatic rings. The van der Waals surface area contributed by atoms with Crippen LogP contribution < -0.4 is 15.4 Å². The van der Waals surface area contributed by atoms with Crippen molar-refractivity contribution in [2.45, 2.75) is 19.1 Å². The molecule has 0 aliphatic heterocycles. The zero-order chi connectivity index (χ0) is 16.0. The van der Waals surface area contributed by atoms with Crippen LogP contribution >= 0.6 is 15.9 Å². The first kappa shape index (κ1) is 17.8. The van der Waals surface area contributed by atoms with Gasteiger partial charge in [-0.1, -0.05) is 6.07 Å². The van der Waals surface area contributed by atoms with E-state index >= 15 is 0 Å². The summed E-state index contributed by atoms with van der Waals surface area (Å²) in [5, 5.41) is 4.66. The van der Waals surface area contributed by atoms with E-state index in [9.17, 15) is 18.0 Å². The van der Waals surface area contributed by atoms with E-state index in [4.69, 9.17) is 4.74 Å². The van der Waals surface area contributed by atoms with E-state index in [1.807, 2.05) is 19.1 Å². The summed E-state index contributed by atoms with van der Waals surface area (Å²) in [6.07, 6.45) is -4.40. The van der Waals surface area contributed by atoms with E-state index in [0.717, 1.165) is 10.0 Å². The van der Waals surface area contributed by atoms with Gasteiger partial charge in [-0.3, -0.25) is 4.79 Å². The van der Waals surface area contributed by atoms with E-state index in [1.165, 1.54) is 0 Å². The van der Waals surface area contributed by atoms with Crippen LogP contribution in [0.15, 0.2) is 22.7 Å². The smallest absolute Gasteiger partial charge is 0.405 e. The SMILES string of the molecule is COc1ccc([C@@H](C)NCC(=O)NCC(F)(F)F)cc1Br. The summed E-state index contributed by atoms with van der Waals surface area (Å²) >= 11 is 3.35. The molecule has 1 atom stereocenters. The number of methoxy groups -OCH3 is 1. The first-order valence-corrected chi connectivity index (χ1v) is 6.92. The number of carbonyl (C=O) groups excluding carboxylic acids is 1. The Morgan fingerprint density at radius 2 is 2.10 bits per heavy atom. The lowest BCUT2D eigenvalue weighted by molar-refractivity contribution is -0.137.